The van der Waals surface area contributed by atoms with E-state index in [2.05, 4.69) is 29.8 Å². The third kappa shape index (κ3) is 3.04. The summed E-state index contributed by atoms with van der Waals surface area (Å²) in [6.45, 7) is 3.13. The quantitative estimate of drug-likeness (QED) is 0.778. The summed E-state index contributed by atoms with van der Waals surface area (Å²) in [6.07, 6.45) is 6.13. The predicted molar refractivity (Wildman–Crippen MR) is 58.0 cm³/mol. The monoisotopic (exact) mass is 199 g/mol. The molecule has 1 aromatic heterocycles. The smallest absolute Gasteiger partial charge is 0.0537 e. The zero-order valence-electron chi connectivity index (χ0n) is 8.45. The maximum Gasteiger partial charge on any atom is 0.0537 e. The standard InChI is InChI=1S/C9H17N3S/c1-4-10-9(7-13-3)8-5-11-12(2)6-8/h5-6,9-10H,4,7H2,1-3H3. The average Bonchev–Trinajstić information content (AvgIpc) is 2.51. The summed E-state index contributed by atoms with van der Waals surface area (Å²) >= 11 is 1.85. The van der Waals surface area contributed by atoms with Crippen LogP contribution in [0.25, 0.3) is 0 Å². The lowest BCUT2D eigenvalue weighted by molar-refractivity contribution is 0.605. The molecule has 1 heterocycles. The van der Waals surface area contributed by atoms with Crippen LogP contribution in [0.2, 0.25) is 0 Å². The minimum absolute atomic E-state index is 0.439. The second-order valence-corrected chi connectivity index (χ2v) is 3.92. The molecule has 1 aromatic rings. The van der Waals surface area contributed by atoms with E-state index in [-0.39, 0.29) is 0 Å². The summed E-state index contributed by atoms with van der Waals surface area (Å²) in [7, 11) is 1.95. The van der Waals surface area contributed by atoms with Gasteiger partial charge in [0.1, 0.15) is 0 Å². The van der Waals surface area contributed by atoms with E-state index in [9.17, 15) is 0 Å². The van der Waals surface area contributed by atoms with Gasteiger partial charge in [-0.25, -0.2) is 0 Å². The topological polar surface area (TPSA) is 29.9 Å². The van der Waals surface area contributed by atoms with Crippen LogP contribution in [0.1, 0.15) is 18.5 Å². The van der Waals surface area contributed by atoms with Crippen molar-refractivity contribution in [2.75, 3.05) is 18.6 Å². The Hall–Kier alpha value is -0.480. The van der Waals surface area contributed by atoms with Gasteiger partial charge in [-0.2, -0.15) is 16.9 Å². The normalized spacial score (nSPS) is 13.2. The van der Waals surface area contributed by atoms with Crippen LogP contribution in [-0.4, -0.2) is 28.3 Å². The van der Waals surface area contributed by atoms with Gasteiger partial charge in [0.05, 0.1) is 6.20 Å². The molecule has 0 amide bonds. The lowest BCUT2D eigenvalue weighted by Gasteiger charge is -2.14. The van der Waals surface area contributed by atoms with Gasteiger partial charge in [0, 0.05) is 30.6 Å². The predicted octanol–water partition coefficient (Wildman–Crippen LogP) is 1.43. The highest BCUT2D eigenvalue weighted by atomic mass is 32.2. The van der Waals surface area contributed by atoms with Crippen molar-refractivity contribution in [3.05, 3.63) is 18.0 Å². The summed E-state index contributed by atoms with van der Waals surface area (Å²) in [4.78, 5) is 0. The van der Waals surface area contributed by atoms with E-state index in [0.29, 0.717) is 6.04 Å². The fourth-order valence-corrected chi connectivity index (χ4v) is 1.95. The second-order valence-electron chi connectivity index (χ2n) is 3.01. The summed E-state index contributed by atoms with van der Waals surface area (Å²) in [5, 5.41) is 7.61. The molecule has 0 aliphatic heterocycles. The van der Waals surface area contributed by atoms with Gasteiger partial charge >= 0.3 is 0 Å². The van der Waals surface area contributed by atoms with Crippen molar-refractivity contribution in [3.63, 3.8) is 0 Å². The molecule has 0 spiro atoms. The van der Waals surface area contributed by atoms with Crippen LogP contribution >= 0.6 is 11.8 Å². The Morgan fingerprint density at radius 1 is 1.69 bits per heavy atom. The first-order valence-corrected chi connectivity index (χ1v) is 5.88. The molecule has 13 heavy (non-hydrogen) atoms. The molecule has 74 valence electrons. The van der Waals surface area contributed by atoms with Gasteiger partial charge in [0.15, 0.2) is 0 Å². The van der Waals surface area contributed by atoms with Gasteiger partial charge in [0.2, 0.25) is 0 Å². The highest BCUT2D eigenvalue weighted by Crippen LogP contribution is 2.15. The Morgan fingerprint density at radius 3 is 2.92 bits per heavy atom. The van der Waals surface area contributed by atoms with Crippen LogP contribution in [-0.2, 0) is 7.05 Å². The van der Waals surface area contributed by atoms with E-state index in [4.69, 9.17) is 0 Å². The maximum absolute atomic E-state index is 4.17. The number of nitrogens with zero attached hydrogens (tertiary/aromatic N) is 2. The molecule has 1 N–H and O–H groups in total. The highest BCUT2D eigenvalue weighted by molar-refractivity contribution is 7.98. The molecule has 1 unspecified atom stereocenters. The van der Waals surface area contributed by atoms with E-state index in [0.717, 1.165) is 12.3 Å². The van der Waals surface area contributed by atoms with E-state index in [1.807, 2.05) is 29.7 Å². The fourth-order valence-electron chi connectivity index (χ4n) is 1.31. The van der Waals surface area contributed by atoms with Crippen molar-refractivity contribution in [1.82, 2.24) is 15.1 Å². The van der Waals surface area contributed by atoms with Crippen LogP contribution in [0, 0.1) is 0 Å². The van der Waals surface area contributed by atoms with Crippen LogP contribution in [0.4, 0.5) is 0 Å². The van der Waals surface area contributed by atoms with Crippen LogP contribution in [0.5, 0.6) is 0 Å². The van der Waals surface area contributed by atoms with Crippen molar-refractivity contribution >= 4 is 11.8 Å². The van der Waals surface area contributed by atoms with Gasteiger partial charge in [-0.3, -0.25) is 4.68 Å². The molecule has 0 aromatic carbocycles. The van der Waals surface area contributed by atoms with Gasteiger partial charge in [-0.15, -0.1) is 0 Å². The third-order valence-electron chi connectivity index (χ3n) is 1.91. The zero-order chi connectivity index (χ0) is 9.68. The lowest BCUT2D eigenvalue weighted by Crippen LogP contribution is -2.22. The zero-order valence-corrected chi connectivity index (χ0v) is 9.27. The molecule has 4 heteroatoms. The van der Waals surface area contributed by atoms with Gasteiger partial charge in [0.25, 0.3) is 0 Å². The number of thioether (sulfide) groups is 1. The number of nitrogens with one attached hydrogen (secondary N) is 1. The summed E-state index contributed by atoms with van der Waals surface area (Å²) < 4.78 is 1.85. The van der Waals surface area contributed by atoms with E-state index in [1.54, 1.807) is 0 Å². The van der Waals surface area contributed by atoms with Crippen molar-refractivity contribution in [1.29, 1.82) is 0 Å². The van der Waals surface area contributed by atoms with Gasteiger partial charge in [-0.05, 0) is 12.8 Å². The number of aromatic nitrogens is 2. The molecule has 0 bridgehead atoms. The first-order valence-electron chi connectivity index (χ1n) is 4.48. The van der Waals surface area contributed by atoms with E-state index >= 15 is 0 Å². The molecule has 0 saturated heterocycles. The molecule has 0 fully saturated rings. The van der Waals surface area contributed by atoms with Gasteiger partial charge in [-0.1, -0.05) is 6.92 Å². The van der Waals surface area contributed by atoms with Gasteiger partial charge < -0.3 is 5.32 Å². The number of rotatable bonds is 5. The Labute approximate surface area is 83.9 Å². The van der Waals surface area contributed by atoms with Crippen molar-refractivity contribution in [3.8, 4) is 0 Å². The SMILES string of the molecule is CCNC(CSC)c1cnn(C)c1. The molecule has 0 radical (unpaired) electrons. The second kappa shape index (κ2) is 5.29. The molecule has 1 rings (SSSR count). The summed E-state index contributed by atoms with van der Waals surface area (Å²) in [5.74, 6) is 1.10. The highest BCUT2D eigenvalue weighted by Gasteiger charge is 2.10. The number of hydrogen-bond donors (Lipinski definition) is 1. The Kier molecular flexibility index (Phi) is 4.32. The number of hydrogen-bond acceptors (Lipinski definition) is 3. The Balaban J connectivity index is 2.63. The van der Waals surface area contributed by atoms with Crippen molar-refractivity contribution in [2.24, 2.45) is 7.05 Å². The summed E-state index contributed by atoms with van der Waals surface area (Å²) in [6, 6.07) is 0.439. The minimum atomic E-state index is 0.439. The Bertz CT molecular complexity index is 241. The average molecular weight is 199 g/mol. The summed E-state index contributed by atoms with van der Waals surface area (Å²) in [5.41, 5.74) is 1.28. The van der Waals surface area contributed by atoms with Crippen LogP contribution in [0.15, 0.2) is 12.4 Å². The van der Waals surface area contributed by atoms with Crippen LogP contribution < -0.4 is 5.32 Å². The largest absolute Gasteiger partial charge is 0.309 e. The fraction of sp³-hybridized carbons (Fsp3) is 0.667. The molecule has 3 nitrogen and oxygen atoms in total. The maximum atomic E-state index is 4.17. The molecular weight excluding hydrogens is 182 g/mol. The van der Waals surface area contributed by atoms with E-state index in [1.165, 1.54) is 5.56 Å². The molecule has 0 aliphatic carbocycles. The molecule has 0 saturated carbocycles. The minimum Gasteiger partial charge on any atom is -0.309 e. The number of aryl methyl sites for hydroxylation is 1. The molecule has 0 aliphatic rings. The van der Waals surface area contributed by atoms with Crippen molar-refractivity contribution < 1.29 is 0 Å². The third-order valence-corrected chi connectivity index (χ3v) is 2.58. The van der Waals surface area contributed by atoms with Crippen LogP contribution in [0.3, 0.4) is 0 Å². The van der Waals surface area contributed by atoms with Crippen molar-refractivity contribution in [2.45, 2.75) is 13.0 Å². The Morgan fingerprint density at radius 2 is 2.46 bits per heavy atom. The lowest BCUT2D eigenvalue weighted by atomic mass is 10.2. The first-order chi connectivity index (χ1) is 6.27. The first kappa shape index (κ1) is 10.6. The molecular formula is C9H17N3S. The van der Waals surface area contributed by atoms with E-state index < -0.39 is 0 Å². The molecule has 1 atom stereocenters.